The molecule has 5 rings (SSSR count). The molecule has 4 aromatic rings. The van der Waals surface area contributed by atoms with Crippen molar-refractivity contribution in [1.82, 2.24) is 29.9 Å². The molecule has 3 heterocycles. The number of anilines is 1. The van der Waals surface area contributed by atoms with Gasteiger partial charge in [0, 0.05) is 5.39 Å². The molecule has 1 saturated carbocycles. The number of aliphatic hydroxyl groups is 1. The minimum Gasteiger partial charge on any atom is -0.494 e. The van der Waals surface area contributed by atoms with E-state index in [1.54, 1.807) is 18.0 Å². The summed E-state index contributed by atoms with van der Waals surface area (Å²) in [5.41, 5.74) is 8.45. The van der Waals surface area contributed by atoms with E-state index >= 15 is 0 Å². The highest BCUT2D eigenvalue weighted by Crippen LogP contribution is 2.37. The quantitative estimate of drug-likeness (QED) is 0.508. The Labute approximate surface area is 178 Å². The lowest BCUT2D eigenvalue weighted by atomic mass is 9.97. The molecule has 0 amide bonds. The van der Waals surface area contributed by atoms with Gasteiger partial charge in [-0.15, -0.1) is 5.10 Å². The van der Waals surface area contributed by atoms with E-state index in [0.717, 1.165) is 42.5 Å². The fraction of sp³-hybridized carbons (Fsp3) is 0.318. The summed E-state index contributed by atoms with van der Waals surface area (Å²) in [6, 6.07) is 11.3. The molecule has 31 heavy (non-hydrogen) atoms. The zero-order chi connectivity index (χ0) is 21.4. The summed E-state index contributed by atoms with van der Waals surface area (Å²) in [6.07, 6.45) is 5.36. The van der Waals surface area contributed by atoms with Crippen LogP contribution in [0.1, 0.15) is 37.1 Å². The van der Waals surface area contributed by atoms with E-state index in [2.05, 4.69) is 25.3 Å². The second-order valence-corrected chi connectivity index (χ2v) is 7.84. The monoisotopic (exact) mass is 417 g/mol. The molecule has 1 fully saturated rings. The predicted octanol–water partition coefficient (Wildman–Crippen LogP) is 2.68. The van der Waals surface area contributed by atoms with Crippen molar-refractivity contribution < 1.29 is 9.84 Å². The molecule has 1 aromatic carbocycles. The lowest BCUT2D eigenvalue weighted by molar-refractivity contribution is 0.0397. The van der Waals surface area contributed by atoms with E-state index in [1.807, 2.05) is 36.4 Å². The molecular formula is C22H23N7O2. The van der Waals surface area contributed by atoms with Crippen LogP contribution < -0.4 is 10.5 Å². The Kier molecular flexibility index (Phi) is 4.74. The Morgan fingerprint density at radius 1 is 1.10 bits per heavy atom. The van der Waals surface area contributed by atoms with Crippen molar-refractivity contribution in [3.05, 3.63) is 54.0 Å². The maximum Gasteiger partial charge on any atom is 0.221 e. The number of hydrogen-bond acceptors (Lipinski definition) is 8. The van der Waals surface area contributed by atoms with E-state index < -0.39 is 5.60 Å². The van der Waals surface area contributed by atoms with E-state index in [-0.39, 0.29) is 5.95 Å². The van der Waals surface area contributed by atoms with E-state index in [4.69, 9.17) is 10.5 Å². The maximum absolute atomic E-state index is 10.8. The van der Waals surface area contributed by atoms with Crippen molar-refractivity contribution in [2.45, 2.75) is 37.8 Å². The number of aromatic nitrogens is 6. The Bertz CT molecular complexity index is 1250. The Morgan fingerprint density at radius 3 is 2.71 bits per heavy atom. The Balaban J connectivity index is 1.47. The SMILES string of the molecule is COc1cccc2c(-c3cn(Cc4cccc(C5(O)CCCC5)n4)nn3)nc(N)nc12. The number of rotatable bonds is 5. The minimum absolute atomic E-state index is 0.140. The highest BCUT2D eigenvalue weighted by Gasteiger charge is 2.34. The summed E-state index contributed by atoms with van der Waals surface area (Å²) in [5.74, 6) is 0.756. The number of pyridine rings is 1. The first-order valence-corrected chi connectivity index (χ1v) is 10.3. The number of nitrogens with zero attached hydrogens (tertiary/aromatic N) is 6. The van der Waals surface area contributed by atoms with Crippen molar-refractivity contribution in [1.29, 1.82) is 0 Å². The van der Waals surface area contributed by atoms with E-state index in [0.29, 0.717) is 29.2 Å². The first-order chi connectivity index (χ1) is 15.1. The van der Waals surface area contributed by atoms with Gasteiger partial charge in [-0.3, -0.25) is 4.98 Å². The lowest BCUT2D eigenvalue weighted by Gasteiger charge is -2.21. The largest absolute Gasteiger partial charge is 0.494 e. The van der Waals surface area contributed by atoms with Crippen molar-refractivity contribution in [3.8, 4) is 17.1 Å². The molecule has 3 aromatic heterocycles. The molecule has 0 atom stereocenters. The van der Waals surface area contributed by atoms with Crippen LogP contribution in [-0.2, 0) is 12.1 Å². The molecule has 0 radical (unpaired) electrons. The van der Waals surface area contributed by atoms with Gasteiger partial charge in [-0.25, -0.2) is 14.6 Å². The predicted molar refractivity (Wildman–Crippen MR) is 115 cm³/mol. The highest BCUT2D eigenvalue weighted by molar-refractivity contribution is 5.95. The van der Waals surface area contributed by atoms with E-state index in [9.17, 15) is 5.11 Å². The standard InChI is InChI=1S/C22H23N7O2/c1-31-17-8-5-7-15-19(25-21(23)26-20(15)17)16-13-29(28-27-16)12-14-6-4-9-18(24-14)22(30)10-2-3-11-22/h4-9,13,30H,2-3,10-12H2,1H3,(H2,23,25,26). The molecule has 0 spiro atoms. The summed E-state index contributed by atoms with van der Waals surface area (Å²) in [6.45, 7) is 0.429. The van der Waals surface area contributed by atoms with Gasteiger partial charge in [0.15, 0.2) is 0 Å². The topological polar surface area (TPSA) is 125 Å². The molecule has 0 aliphatic heterocycles. The third-order valence-electron chi connectivity index (χ3n) is 5.75. The second-order valence-electron chi connectivity index (χ2n) is 7.84. The number of nitrogens with two attached hydrogens (primary N) is 1. The number of nitrogen functional groups attached to an aromatic ring is 1. The van der Waals surface area contributed by atoms with Gasteiger partial charge in [0.05, 0.1) is 31.2 Å². The first kappa shape index (κ1) is 19.4. The number of para-hydroxylation sites is 1. The smallest absolute Gasteiger partial charge is 0.221 e. The summed E-state index contributed by atoms with van der Waals surface area (Å²) in [4.78, 5) is 13.4. The van der Waals surface area contributed by atoms with Gasteiger partial charge in [-0.1, -0.05) is 36.3 Å². The summed E-state index contributed by atoms with van der Waals surface area (Å²) < 4.78 is 7.10. The van der Waals surface area contributed by atoms with Crippen molar-refractivity contribution in [2.24, 2.45) is 0 Å². The number of hydrogen-bond donors (Lipinski definition) is 2. The van der Waals surface area contributed by atoms with Crippen LogP contribution in [-0.4, -0.2) is 42.2 Å². The average Bonchev–Trinajstić information content (AvgIpc) is 3.43. The molecule has 1 aliphatic carbocycles. The highest BCUT2D eigenvalue weighted by atomic mass is 16.5. The number of fused-ring (bicyclic) bond motifs is 1. The van der Waals surface area contributed by atoms with Crippen LogP contribution in [0.5, 0.6) is 5.75 Å². The normalized spacial score (nSPS) is 15.4. The average molecular weight is 417 g/mol. The van der Waals surface area contributed by atoms with Gasteiger partial charge in [0.1, 0.15) is 28.3 Å². The molecule has 1 aliphatic rings. The maximum atomic E-state index is 10.8. The molecule has 158 valence electrons. The molecule has 0 unspecified atom stereocenters. The molecule has 0 saturated heterocycles. The number of methoxy groups -OCH3 is 1. The van der Waals surface area contributed by atoms with Crippen LogP contribution in [0.4, 0.5) is 5.95 Å². The number of benzene rings is 1. The van der Waals surface area contributed by atoms with Gasteiger partial charge < -0.3 is 15.6 Å². The molecule has 9 nitrogen and oxygen atoms in total. The van der Waals surface area contributed by atoms with Crippen molar-refractivity contribution in [2.75, 3.05) is 12.8 Å². The first-order valence-electron chi connectivity index (χ1n) is 10.3. The van der Waals surface area contributed by atoms with Gasteiger partial charge in [-0.2, -0.15) is 0 Å². The van der Waals surface area contributed by atoms with E-state index in [1.165, 1.54) is 0 Å². The third-order valence-corrected chi connectivity index (χ3v) is 5.75. The Hall–Kier alpha value is -3.59. The molecular weight excluding hydrogens is 394 g/mol. The van der Waals surface area contributed by atoms with Crippen LogP contribution in [0.3, 0.4) is 0 Å². The molecule has 0 bridgehead atoms. The van der Waals surface area contributed by atoms with Crippen LogP contribution >= 0.6 is 0 Å². The van der Waals surface area contributed by atoms with Crippen LogP contribution in [0.15, 0.2) is 42.6 Å². The van der Waals surface area contributed by atoms with Gasteiger partial charge in [0.2, 0.25) is 5.95 Å². The van der Waals surface area contributed by atoms with Crippen molar-refractivity contribution >= 4 is 16.9 Å². The van der Waals surface area contributed by atoms with Crippen molar-refractivity contribution in [3.63, 3.8) is 0 Å². The van der Waals surface area contributed by atoms with Crippen LogP contribution in [0.2, 0.25) is 0 Å². The molecule has 3 N–H and O–H groups in total. The summed E-state index contributed by atoms with van der Waals surface area (Å²) in [7, 11) is 1.59. The fourth-order valence-electron chi connectivity index (χ4n) is 4.20. The molecule has 9 heteroatoms. The summed E-state index contributed by atoms with van der Waals surface area (Å²) in [5, 5.41) is 20.2. The van der Waals surface area contributed by atoms with Gasteiger partial charge >= 0.3 is 0 Å². The number of ether oxygens (including phenoxy) is 1. The summed E-state index contributed by atoms with van der Waals surface area (Å²) >= 11 is 0. The van der Waals surface area contributed by atoms with Gasteiger partial charge in [0.25, 0.3) is 0 Å². The Morgan fingerprint density at radius 2 is 1.90 bits per heavy atom. The lowest BCUT2D eigenvalue weighted by Crippen LogP contribution is -2.23. The second kappa shape index (κ2) is 7.59. The zero-order valence-electron chi connectivity index (χ0n) is 17.2. The zero-order valence-corrected chi connectivity index (χ0v) is 17.2. The van der Waals surface area contributed by atoms with Crippen LogP contribution in [0, 0.1) is 0 Å². The minimum atomic E-state index is -0.819. The third kappa shape index (κ3) is 3.57. The van der Waals surface area contributed by atoms with Crippen LogP contribution in [0.25, 0.3) is 22.3 Å². The van der Waals surface area contributed by atoms with Gasteiger partial charge in [-0.05, 0) is 31.0 Å². The fourth-order valence-corrected chi connectivity index (χ4v) is 4.20.